The Hall–Kier alpha value is 0.234. The molecular weight excluding hydrogens is 398 g/mol. The maximum Gasteiger partial charge on any atom is 0.190 e. The molecule has 29 heavy (non-hydrogen) atoms. The van der Waals surface area contributed by atoms with Crippen molar-refractivity contribution < 1.29 is 18.3 Å². The average molecular weight is 450 g/mol. The minimum Gasteiger partial charge on any atom is -0.419 e. The molecule has 4 unspecified atom stereocenters. The zero-order valence-electron chi connectivity index (χ0n) is 20.8. The Morgan fingerprint density at radius 3 is 1.34 bits per heavy atom. The second-order valence-corrected chi connectivity index (χ2v) is 12.4. The smallest absolute Gasteiger partial charge is 0.190 e. The summed E-state index contributed by atoms with van der Waals surface area (Å²) in [4.78, 5) is 0. The van der Waals surface area contributed by atoms with Crippen molar-refractivity contribution in [3.63, 3.8) is 0 Å². The summed E-state index contributed by atoms with van der Waals surface area (Å²) in [7, 11) is -1.50. The summed E-state index contributed by atoms with van der Waals surface area (Å²) in [5.74, 6) is 0. The van der Waals surface area contributed by atoms with Gasteiger partial charge in [0.25, 0.3) is 0 Å². The molecule has 0 bridgehead atoms. The minimum atomic E-state index is -0.750. The van der Waals surface area contributed by atoms with E-state index < -0.39 is 25.1 Å². The molecule has 0 heterocycles. The van der Waals surface area contributed by atoms with Gasteiger partial charge in [-0.15, -0.1) is 0 Å². The van der Waals surface area contributed by atoms with Crippen molar-refractivity contribution in [3.05, 3.63) is 0 Å². The topological polar surface area (TPSA) is 62.9 Å². The van der Waals surface area contributed by atoms with Gasteiger partial charge in [0, 0.05) is 12.2 Å². The normalized spacial score (nSPS) is 19.4. The Kier molecular flexibility index (Phi) is 16.1. The van der Waals surface area contributed by atoms with Gasteiger partial charge in [0.2, 0.25) is 0 Å². The summed E-state index contributed by atoms with van der Waals surface area (Å²) in [6.07, 6.45) is 7.12. The molecular formula is C22H51NO4Si2. The first-order valence-electron chi connectivity index (χ1n) is 11.9. The van der Waals surface area contributed by atoms with Crippen LogP contribution in [-0.4, -0.2) is 60.9 Å². The first-order chi connectivity index (χ1) is 13.5. The SMILES string of the molecule is CCCCC(OC(C)C(C)(N)C(C)OC(CCCC)[SiH2]OC(C)C)[SiH2]OC(C)C. The predicted octanol–water partition coefficient (Wildman–Crippen LogP) is 3.56. The maximum absolute atomic E-state index is 6.77. The zero-order valence-corrected chi connectivity index (χ0v) is 23.7. The van der Waals surface area contributed by atoms with Crippen LogP contribution < -0.4 is 5.73 Å². The monoisotopic (exact) mass is 449 g/mol. The fourth-order valence-electron chi connectivity index (χ4n) is 3.05. The van der Waals surface area contributed by atoms with E-state index in [0.717, 1.165) is 25.7 Å². The highest BCUT2D eigenvalue weighted by atomic mass is 28.2. The van der Waals surface area contributed by atoms with Crippen molar-refractivity contribution in [2.75, 3.05) is 0 Å². The van der Waals surface area contributed by atoms with Crippen molar-refractivity contribution in [2.45, 2.75) is 142 Å². The van der Waals surface area contributed by atoms with Crippen LogP contribution in [0.1, 0.15) is 101 Å². The second kappa shape index (κ2) is 15.9. The van der Waals surface area contributed by atoms with E-state index in [1.807, 2.05) is 0 Å². The highest BCUT2D eigenvalue weighted by Gasteiger charge is 2.37. The Morgan fingerprint density at radius 2 is 1.07 bits per heavy atom. The van der Waals surface area contributed by atoms with Crippen LogP contribution in [0.5, 0.6) is 0 Å². The molecule has 5 nitrogen and oxygen atoms in total. The quantitative estimate of drug-likeness (QED) is 0.324. The lowest BCUT2D eigenvalue weighted by Crippen LogP contribution is -2.58. The Balaban J connectivity index is 4.92. The van der Waals surface area contributed by atoms with Crippen LogP contribution >= 0.6 is 0 Å². The summed E-state index contributed by atoms with van der Waals surface area (Å²) >= 11 is 0. The van der Waals surface area contributed by atoms with Crippen LogP contribution in [0.15, 0.2) is 0 Å². The van der Waals surface area contributed by atoms with Crippen molar-refractivity contribution in [2.24, 2.45) is 5.73 Å². The fraction of sp³-hybridized carbons (Fsp3) is 1.00. The van der Waals surface area contributed by atoms with Gasteiger partial charge in [-0.1, -0.05) is 39.5 Å². The van der Waals surface area contributed by atoms with Gasteiger partial charge in [0.1, 0.15) is 0 Å². The molecule has 0 amide bonds. The number of ether oxygens (including phenoxy) is 2. The summed E-state index contributed by atoms with van der Waals surface area (Å²) in [6, 6.07) is 0. The molecule has 0 aliphatic heterocycles. The van der Waals surface area contributed by atoms with Crippen LogP contribution in [0.3, 0.4) is 0 Å². The minimum absolute atomic E-state index is 0.0953. The molecule has 0 radical (unpaired) electrons. The van der Waals surface area contributed by atoms with Crippen LogP contribution in [0.2, 0.25) is 0 Å². The summed E-state index contributed by atoms with van der Waals surface area (Å²) in [5, 5.41) is 0. The molecule has 4 atom stereocenters. The van der Waals surface area contributed by atoms with E-state index in [-0.39, 0.29) is 35.9 Å². The third kappa shape index (κ3) is 13.3. The molecule has 0 saturated heterocycles. The van der Waals surface area contributed by atoms with Crippen molar-refractivity contribution in [3.8, 4) is 0 Å². The van der Waals surface area contributed by atoms with E-state index >= 15 is 0 Å². The van der Waals surface area contributed by atoms with Gasteiger partial charge in [-0.05, 0) is 61.3 Å². The van der Waals surface area contributed by atoms with E-state index in [9.17, 15) is 0 Å². The molecule has 0 rings (SSSR count). The summed E-state index contributed by atoms with van der Waals surface area (Å²) < 4.78 is 24.9. The largest absolute Gasteiger partial charge is 0.419 e. The van der Waals surface area contributed by atoms with Crippen LogP contribution in [0.25, 0.3) is 0 Å². The van der Waals surface area contributed by atoms with E-state index in [1.165, 1.54) is 12.8 Å². The molecule has 7 heteroatoms. The lowest BCUT2D eigenvalue weighted by molar-refractivity contribution is -0.0845. The van der Waals surface area contributed by atoms with Crippen LogP contribution in [0.4, 0.5) is 0 Å². The predicted molar refractivity (Wildman–Crippen MR) is 130 cm³/mol. The summed E-state index contributed by atoms with van der Waals surface area (Å²) in [5.41, 5.74) is 6.62. The van der Waals surface area contributed by atoms with Crippen molar-refractivity contribution in [1.82, 2.24) is 0 Å². The zero-order chi connectivity index (χ0) is 22.4. The third-order valence-electron chi connectivity index (χ3n) is 5.54. The van der Waals surface area contributed by atoms with Crippen LogP contribution in [0, 0.1) is 0 Å². The van der Waals surface area contributed by atoms with Gasteiger partial charge in [0.05, 0.1) is 29.2 Å². The second-order valence-electron chi connectivity index (χ2n) is 9.22. The number of hydrogen-bond acceptors (Lipinski definition) is 5. The lowest BCUT2D eigenvalue weighted by Gasteiger charge is -2.40. The molecule has 0 spiro atoms. The van der Waals surface area contributed by atoms with E-state index in [2.05, 4.69) is 62.3 Å². The first kappa shape index (κ1) is 29.2. The van der Waals surface area contributed by atoms with E-state index in [4.69, 9.17) is 24.1 Å². The van der Waals surface area contributed by atoms with E-state index in [1.54, 1.807) is 0 Å². The standard InChI is InChI=1S/C22H51NO4Si2/c1-10-12-14-20(28-26-16(3)4)24-18(7)22(9,23)19(8)25-21(15-13-11-2)29-27-17(5)6/h16-21H,10-15,23,28-29H2,1-9H3. The maximum atomic E-state index is 6.77. The Labute approximate surface area is 186 Å². The van der Waals surface area contributed by atoms with Gasteiger partial charge >= 0.3 is 0 Å². The molecule has 0 aliphatic carbocycles. The van der Waals surface area contributed by atoms with Gasteiger partial charge in [-0.25, -0.2) is 0 Å². The fourth-order valence-corrected chi connectivity index (χ4v) is 5.89. The van der Waals surface area contributed by atoms with Gasteiger partial charge in [-0.2, -0.15) is 0 Å². The van der Waals surface area contributed by atoms with Crippen molar-refractivity contribution in [1.29, 1.82) is 0 Å². The van der Waals surface area contributed by atoms with Crippen molar-refractivity contribution >= 4 is 19.5 Å². The first-order valence-corrected chi connectivity index (χ1v) is 14.7. The number of rotatable bonds is 18. The van der Waals surface area contributed by atoms with Gasteiger partial charge < -0.3 is 24.1 Å². The van der Waals surface area contributed by atoms with E-state index in [0.29, 0.717) is 0 Å². The van der Waals surface area contributed by atoms with Crippen LogP contribution in [-0.2, 0) is 18.3 Å². The lowest BCUT2D eigenvalue weighted by atomic mass is 9.91. The molecule has 0 aromatic carbocycles. The number of hydrogen-bond donors (Lipinski definition) is 1. The summed E-state index contributed by atoms with van der Waals surface area (Å²) in [6.45, 7) is 19.0. The number of unbranched alkanes of at least 4 members (excludes halogenated alkanes) is 2. The molecule has 0 aromatic heterocycles. The molecule has 2 N–H and O–H groups in total. The molecule has 0 aliphatic rings. The third-order valence-corrected chi connectivity index (χ3v) is 9.20. The van der Waals surface area contributed by atoms with Gasteiger partial charge in [-0.3, -0.25) is 0 Å². The molecule has 176 valence electrons. The Bertz CT molecular complexity index is 363. The van der Waals surface area contributed by atoms with Gasteiger partial charge in [0.15, 0.2) is 19.5 Å². The molecule has 0 aromatic rings. The highest BCUT2D eigenvalue weighted by molar-refractivity contribution is 6.29. The molecule has 0 fully saturated rings. The highest BCUT2D eigenvalue weighted by Crippen LogP contribution is 2.23. The average Bonchev–Trinajstić information content (AvgIpc) is 2.65. The molecule has 0 saturated carbocycles. The Morgan fingerprint density at radius 1 is 0.724 bits per heavy atom. The number of nitrogens with two attached hydrogens (primary N) is 1.